The molecule has 1 N–H and O–H groups in total. The van der Waals surface area contributed by atoms with Crippen molar-refractivity contribution in [2.75, 3.05) is 27.4 Å². The van der Waals surface area contributed by atoms with Gasteiger partial charge in [-0.05, 0) is 42.8 Å². The first-order valence-electron chi connectivity index (χ1n) is 8.05. The standard InChI is InChI=1S/C19H21NO5/c1-12(13-4-6-17-18(10-13)25-9-8-24-17)20-19(21)15-11-14(22-2)5-7-16(15)23-3/h4-7,10-12H,8-9H2,1-3H3,(H,20,21). The summed E-state index contributed by atoms with van der Waals surface area (Å²) >= 11 is 0. The van der Waals surface area contributed by atoms with Crippen molar-refractivity contribution >= 4 is 5.91 Å². The largest absolute Gasteiger partial charge is 0.497 e. The summed E-state index contributed by atoms with van der Waals surface area (Å²) in [5.41, 5.74) is 1.35. The van der Waals surface area contributed by atoms with Gasteiger partial charge in [0.25, 0.3) is 5.91 Å². The number of benzene rings is 2. The van der Waals surface area contributed by atoms with Gasteiger partial charge in [0.1, 0.15) is 24.7 Å². The monoisotopic (exact) mass is 343 g/mol. The molecule has 0 saturated heterocycles. The van der Waals surface area contributed by atoms with Crippen LogP contribution in [0.1, 0.15) is 28.9 Å². The van der Waals surface area contributed by atoms with Crippen molar-refractivity contribution in [2.45, 2.75) is 13.0 Å². The molecule has 132 valence electrons. The molecule has 2 aromatic rings. The number of rotatable bonds is 5. The molecule has 0 aromatic heterocycles. The molecule has 1 heterocycles. The Labute approximate surface area is 146 Å². The van der Waals surface area contributed by atoms with Gasteiger partial charge in [0, 0.05) is 0 Å². The van der Waals surface area contributed by atoms with Gasteiger partial charge in [-0.3, -0.25) is 4.79 Å². The lowest BCUT2D eigenvalue weighted by atomic mass is 10.1. The van der Waals surface area contributed by atoms with Crippen molar-refractivity contribution < 1.29 is 23.7 Å². The third-order valence-electron chi connectivity index (χ3n) is 4.07. The molecular weight excluding hydrogens is 322 g/mol. The van der Waals surface area contributed by atoms with E-state index in [0.717, 1.165) is 11.3 Å². The maximum atomic E-state index is 12.7. The molecule has 3 rings (SSSR count). The van der Waals surface area contributed by atoms with E-state index in [0.29, 0.717) is 36.0 Å². The van der Waals surface area contributed by atoms with Crippen LogP contribution < -0.4 is 24.3 Å². The van der Waals surface area contributed by atoms with Gasteiger partial charge in [0.2, 0.25) is 0 Å². The second kappa shape index (κ2) is 7.34. The third kappa shape index (κ3) is 3.63. The van der Waals surface area contributed by atoms with E-state index in [1.165, 1.54) is 7.11 Å². The zero-order chi connectivity index (χ0) is 17.8. The molecular formula is C19H21NO5. The van der Waals surface area contributed by atoms with Gasteiger partial charge in [-0.1, -0.05) is 6.07 Å². The summed E-state index contributed by atoms with van der Waals surface area (Å²) in [6.45, 7) is 2.99. The van der Waals surface area contributed by atoms with Crippen LogP contribution in [0.4, 0.5) is 0 Å². The van der Waals surface area contributed by atoms with Crippen LogP contribution in [0, 0.1) is 0 Å². The normalized spacial score (nSPS) is 13.7. The van der Waals surface area contributed by atoms with Crippen LogP contribution in [-0.2, 0) is 0 Å². The van der Waals surface area contributed by atoms with Crippen molar-refractivity contribution in [3.8, 4) is 23.0 Å². The zero-order valence-corrected chi connectivity index (χ0v) is 14.5. The molecule has 0 fully saturated rings. The lowest BCUT2D eigenvalue weighted by molar-refractivity contribution is 0.0936. The Hall–Kier alpha value is -2.89. The molecule has 0 saturated carbocycles. The van der Waals surface area contributed by atoms with Crippen molar-refractivity contribution in [3.63, 3.8) is 0 Å². The maximum Gasteiger partial charge on any atom is 0.255 e. The summed E-state index contributed by atoms with van der Waals surface area (Å²) in [6, 6.07) is 10.6. The highest BCUT2D eigenvalue weighted by Crippen LogP contribution is 2.33. The molecule has 25 heavy (non-hydrogen) atoms. The van der Waals surface area contributed by atoms with Crippen LogP contribution >= 0.6 is 0 Å². The van der Waals surface area contributed by atoms with Crippen molar-refractivity contribution in [1.29, 1.82) is 0 Å². The molecule has 1 amide bonds. The van der Waals surface area contributed by atoms with Gasteiger partial charge < -0.3 is 24.3 Å². The Morgan fingerprint density at radius 3 is 2.52 bits per heavy atom. The molecule has 1 atom stereocenters. The van der Waals surface area contributed by atoms with Crippen LogP contribution in [0.5, 0.6) is 23.0 Å². The van der Waals surface area contributed by atoms with Gasteiger partial charge in [-0.2, -0.15) is 0 Å². The Morgan fingerprint density at radius 2 is 1.80 bits per heavy atom. The molecule has 6 heteroatoms. The summed E-state index contributed by atoms with van der Waals surface area (Å²) in [4.78, 5) is 12.7. The Morgan fingerprint density at radius 1 is 1.04 bits per heavy atom. The predicted octanol–water partition coefficient (Wildman–Crippen LogP) is 2.97. The minimum absolute atomic E-state index is 0.209. The SMILES string of the molecule is COc1ccc(OC)c(C(=O)NC(C)c2ccc3c(c2)OCCO3)c1. The summed E-state index contributed by atoms with van der Waals surface area (Å²) in [7, 11) is 3.09. The van der Waals surface area contributed by atoms with Gasteiger partial charge in [0.15, 0.2) is 11.5 Å². The predicted molar refractivity (Wildman–Crippen MR) is 92.9 cm³/mol. The van der Waals surface area contributed by atoms with Crippen molar-refractivity contribution in [2.24, 2.45) is 0 Å². The summed E-state index contributed by atoms with van der Waals surface area (Å²) in [6.07, 6.45) is 0. The van der Waals surface area contributed by atoms with E-state index in [1.807, 2.05) is 25.1 Å². The smallest absolute Gasteiger partial charge is 0.255 e. The summed E-state index contributed by atoms with van der Waals surface area (Å²) < 4.78 is 21.6. The molecule has 0 radical (unpaired) electrons. The first-order valence-corrected chi connectivity index (χ1v) is 8.05. The van der Waals surface area contributed by atoms with E-state index in [-0.39, 0.29) is 11.9 Å². The van der Waals surface area contributed by atoms with E-state index < -0.39 is 0 Å². The second-order valence-corrected chi connectivity index (χ2v) is 5.66. The quantitative estimate of drug-likeness (QED) is 0.904. The van der Waals surface area contributed by atoms with Crippen LogP contribution in [-0.4, -0.2) is 33.3 Å². The number of fused-ring (bicyclic) bond motifs is 1. The van der Waals surface area contributed by atoms with Crippen LogP contribution in [0.2, 0.25) is 0 Å². The molecule has 0 aliphatic carbocycles. The van der Waals surface area contributed by atoms with Gasteiger partial charge >= 0.3 is 0 Å². The number of ether oxygens (including phenoxy) is 4. The molecule has 0 spiro atoms. The third-order valence-corrected chi connectivity index (χ3v) is 4.07. The molecule has 6 nitrogen and oxygen atoms in total. The van der Waals surface area contributed by atoms with E-state index in [1.54, 1.807) is 25.3 Å². The fraction of sp³-hybridized carbons (Fsp3) is 0.316. The molecule has 1 aliphatic rings. The van der Waals surface area contributed by atoms with E-state index in [2.05, 4.69) is 5.32 Å². The van der Waals surface area contributed by atoms with Crippen LogP contribution in [0.25, 0.3) is 0 Å². The number of amides is 1. The fourth-order valence-electron chi connectivity index (χ4n) is 2.68. The average molecular weight is 343 g/mol. The molecule has 2 aromatic carbocycles. The van der Waals surface area contributed by atoms with Gasteiger partial charge in [-0.25, -0.2) is 0 Å². The highest BCUT2D eigenvalue weighted by Gasteiger charge is 2.19. The van der Waals surface area contributed by atoms with Crippen molar-refractivity contribution in [3.05, 3.63) is 47.5 Å². The first kappa shape index (κ1) is 17.0. The maximum absolute atomic E-state index is 12.7. The van der Waals surface area contributed by atoms with E-state index >= 15 is 0 Å². The average Bonchev–Trinajstić information content (AvgIpc) is 2.66. The van der Waals surface area contributed by atoms with E-state index in [4.69, 9.17) is 18.9 Å². The van der Waals surface area contributed by atoms with Crippen LogP contribution in [0.15, 0.2) is 36.4 Å². The topological polar surface area (TPSA) is 66.0 Å². The Bertz CT molecular complexity index is 774. The highest BCUT2D eigenvalue weighted by molar-refractivity contribution is 5.97. The van der Waals surface area contributed by atoms with Crippen LogP contribution in [0.3, 0.4) is 0 Å². The number of hydrogen-bond acceptors (Lipinski definition) is 5. The minimum atomic E-state index is -0.238. The van der Waals surface area contributed by atoms with Gasteiger partial charge in [0.05, 0.1) is 25.8 Å². The zero-order valence-electron chi connectivity index (χ0n) is 14.5. The number of carbonyl (C=O) groups excluding carboxylic acids is 1. The second-order valence-electron chi connectivity index (χ2n) is 5.66. The molecule has 1 unspecified atom stereocenters. The first-order chi connectivity index (χ1) is 12.1. The van der Waals surface area contributed by atoms with Crippen molar-refractivity contribution in [1.82, 2.24) is 5.32 Å². The minimum Gasteiger partial charge on any atom is -0.497 e. The lowest BCUT2D eigenvalue weighted by Gasteiger charge is -2.21. The highest BCUT2D eigenvalue weighted by atomic mass is 16.6. The molecule has 1 aliphatic heterocycles. The fourth-order valence-corrected chi connectivity index (χ4v) is 2.68. The summed E-state index contributed by atoms with van der Waals surface area (Å²) in [5.74, 6) is 2.27. The number of hydrogen-bond donors (Lipinski definition) is 1. The summed E-state index contributed by atoms with van der Waals surface area (Å²) in [5, 5.41) is 2.97. The lowest BCUT2D eigenvalue weighted by Crippen LogP contribution is -2.27. The Balaban J connectivity index is 1.78. The Kier molecular flexibility index (Phi) is 4.97. The number of nitrogens with one attached hydrogen (secondary N) is 1. The van der Waals surface area contributed by atoms with E-state index in [9.17, 15) is 4.79 Å². The number of methoxy groups -OCH3 is 2. The van der Waals surface area contributed by atoms with Gasteiger partial charge in [-0.15, -0.1) is 0 Å². The number of carbonyl (C=O) groups is 1. The molecule has 0 bridgehead atoms.